The minimum Gasteiger partial charge on any atom is -0.497 e. The predicted octanol–water partition coefficient (Wildman–Crippen LogP) is 2.94. The number of hydrogen-bond acceptors (Lipinski definition) is 2. The maximum atomic E-state index is 11.8. The summed E-state index contributed by atoms with van der Waals surface area (Å²) in [5.41, 5.74) is 2.06. The van der Waals surface area contributed by atoms with Crippen LogP contribution in [0, 0.1) is 12.3 Å². The van der Waals surface area contributed by atoms with Crippen molar-refractivity contribution in [3.63, 3.8) is 0 Å². The summed E-state index contributed by atoms with van der Waals surface area (Å²) >= 11 is 0. The van der Waals surface area contributed by atoms with E-state index in [1.807, 2.05) is 36.5 Å². The van der Waals surface area contributed by atoms with Gasteiger partial charge in [-0.15, -0.1) is 12.3 Å². The van der Waals surface area contributed by atoms with E-state index >= 15 is 0 Å². The third kappa shape index (κ3) is 3.30. The first kappa shape index (κ1) is 14.0. The number of unbranched alkanes of at least 4 members (excludes halogenated alkanes) is 1. The lowest BCUT2D eigenvalue weighted by atomic mass is 10.1. The SMILES string of the molecule is C#CCCCn1cc(-c2ccc(OC)cc2)ccc1=O. The van der Waals surface area contributed by atoms with Crippen molar-refractivity contribution in [1.82, 2.24) is 4.57 Å². The first-order valence-electron chi connectivity index (χ1n) is 6.53. The molecule has 0 fully saturated rings. The third-order valence-electron chi connectivity index (χ3n) is 3.13. The molecule has 0 spiro atoms. The Morgan fingerprint density at radius 1 is 1.15 bits per heavy atom. The summed E-state index contributed by atoms with van der Waals surface area (Å²) < 4.78 is 6.84. The molecule has 0 N–H and O–H groups in total. The van der Waals surface area contributed by atoms with Crippen LogP contribution in [0.15, 0.2) is 47.4 Å². The van der Waals surface area contributed by atoms with Gasteiger partial charge in [-0.1, -0.05) is 12.1 Å². The van der Waals surface area contributed by atoms with Gasteiger partial charge in [0.1, 0.15) is 5.75 Å². The van der Waals surface area contributed by atoms with Crippen molar-refractivity contribution in [2.24, 2.45) is 0 Å². The minimum atomic E-state index is -0.000664. The fourth-order valence-corrected chi connectivity index (χ4v) is 2.01. The number of aryl methyl sites for hydroxylation is 1. The Balaban J connectivity index is 2.25. The number of rotatable bonds is 5. The Morgan fingerprint density at radius 3 is 2.50 bits per heavy atom. The Hall–Kier alpha value is -2.47. The van der Waals surface area contributed by atoms with E-state index in [-0.39, 0.29) is 5.56 Å². The number of aromatic nitrogens is 1. The van der Waals surface area contributed by atoms with Crippen LogP contribution in [0.3, 0.4) is 0 Å². The average Bonchev–Trinajstić information content (AvgIpc) is 2.49. The summed E-state index contributed by atoms with van der Waals surface area (Å²) in [6.45, 7) is 0.646. The van der Waals surface area contributed by atoms with Crippen LogP contribution in [-0.4, -0.2) is 11.7 Å². The van der Waals surface area contributed by atoms with E-state index < -0.39 is 0 Å². The summed E-state index contributed by atoms with van der Waals surface area (Å²) in [4.78, 5) is 11.8. The number of ether oxygens (including phenoxy) is 1. The third-order valence-corrected chi connectivity index (χ3v) is 3.13. The molecule has 1 heterocycles. The Labute approximate surface area is 118 Å². The van der Waals surface area contributed by atoms with Crippen LogP contribution in [0.1, 0.15) is 12.8 Å². The lowest BCUT2D eigenvalue weighted by Gasteiger charge is -2.08. The van der Waals surface area contributed by atoms with E-state index in [1.54, 1.807) is 17.7 Å². The molecule has 0 aliphatic heterocycles. The number of methoxy groups -OCH3 is 1. The lowest BCUT2D eigenvalue weighted by Crippen LogP contribution is -2.18. The van der Waals surface area contributed by atoms with Gasteiger partial charge in [-0.3, -0.25) is 4.79 Å². The average molecular weight is 267 g/mol. The molecule has 0 radical (unpaired) electrons. The topological polar surface area (TPSA) is 31.2 Å². The molecule has 3 nitrogen and oxygen atoms in total. The van der Waals surface area contributed by atoms with Crippen molar-refractivity contribution in [3.8, 4) is 29.2 Å². The zero-order chi connectivity index (χ0) is 14.4. The first-order chi connectivity index (χ1) is 9.74. The van der Waals surface area contributed by atoms with Crippen molar-refractivity contribution in [2.45, 2.75) is 19.4 Å². The summed E-state index contributed by atoms with van der Waals surface area (Å²) in [5.74, 6) is 3.40. The van der Waals surface area contributed by atoms with E-state index in [1.165, 1.54) is 0 Å². The maximum Gasteiger partial charge on any atom is 0.250 e. The highest BCUT2D eigenvalue weighted by Crippen LogP contribution is 2.21. The van der Waals surface area contributed by atoms with Crippen LogP contribution in [-0.2, 0) is 6.54 Å². The maximum absolute atomic E-state index is 11.8. The van der Waals surface area contributed by atoms with Crippen molar-refractivity contribution in [2.75, 3.05) is 7.11 Å². The monoisotopic (exact) mass is 267 g/mol. The van der Waals surface area contributed by atoms with Crippen LogP contribution in [0.5, 0.6) is 5.75 Å². The molecule has 0 saturated carbocycles. The van der Waals surface area contributed by atoms with Crippen LogP contribution >= 0.6 is 0 Å². The minimum absolute atomic E-state index is 0.000664. The Kier molecular flexibility index (Phi) is 4.62. The number of benzene rings is 1. The normalized spacial score (nSPS) is 10.0. The Bertz CT molecular complexity index is 663. The fourth-order valence-electron chi connectivity index (χ4n) is 2.01. The van der Waals surface area contributed by atoms with Gasteiger partial charge in [0, 0.05) is 25.2 Å². The van der Waals surface area contributed by atoms with Gasteiger partial charge >= 0.3 is 0 Å². The predicted molar refractivity (Wildman–Crippen MR) is 80.8 cm³/mol. The molecule has 2 rings (SSSR count). The molecule has 1 aromatic heterocycles. The van der Waals surface area contributed by atoms with Gasteiger partial charge in [0.2, 0.25) is 0 Å². The highest BCUT2D eigenvalue weighted by Gasteiger charge is 2.02. The largest absolute Gasteiger partial charge is 0.497 e. The number of nitrogens with zero attached hydrogens (tertiary/aromatic N) is 1. The van der Waals surface area contributed by atoms with Gasteiger partial charge in [0.25, 0.3) is 5.56 Å². The van der Waals surface area contributed by atoms with Gasteiger partial charge in [-0.2, -0.15) is 0 Å². The molecule has 0 amide bonds. The molecule has 2 aromatic rings. The highest BCUT2D eigenvalue weighted by molar-refractivity contribution is 5.63. The van der Waals surface area contributed by atoms with Crippen molar-refractivity contribution < 1.29 is 4.74 Å². The molecule has 0 bridgehead atoms. The smallest absolute Gasteiger partial charge is 0.250 e. The summed E-state index contributed by atoms with van der Waals surface area (Å²) in [7, 11) is 1.64. The van der Waals surface area contributed by atoms with E-state index in [2.05, 4.69) is 5.92 Å². The van der Waals surface area contributed by atoms with E-state index in [0.717, 1.165) is 23.3 Å². The molecule has 0 atom stereocenters. The molecule has 102 valence electrons. The zero-order valence-electron chi connectivity index (χ0n) is 11.5. The Morgan fingerprint density at radius 2 is 1.85 bits per heavy atom. The second-order valence-corrected chi connectivity index (χ2v) is 4.49. The molecule has 0 saturated heterocycles. The highest BCUT2D eigenvalue weighted by atomic mass is 16.5. The number of pyridine rings is 1. The van der Waals surface area contributed by atoms with Crippen LogP contribution < -0.4 is 10.3 Å². The van der Waals surface area contributed by atoms with Crippen LogP contribution in [0.2, 0.25) is 0 Å². The van der Waals surface area contributed by atoms with Gasteiger partial charge in [0.15, 0.2) is 0 Å². The molecule has 20 heavy (non-hydrogen) atoms. The second kappa shape index (κ2) is 6.63. The van der Waals surface area contributed by atoms with E-state index in [9.17, 15) is 4.79 Å². The van der Waals surface area contributed by atoms with Crippen LogP contribution in [0.25, 0.3) is 11.1 Å². The number of terminal acetylenes is 1. The molecule has 1 aromatic carbocycles. The van der Waals surface area contributed by atoms with Crippen LogP contribution in [0.4, 0.5) is 0 Å². The van der Waals surface area contributed by atoms with Gasteiger partial charge in [-0.05, 0) is 35.7 Å². The zero-order valence-corrected chi connectivity index (χ0v) is 11.5. The van der Waals surface area contributed by atoms with Gasteiger partial charge in [-0.25, -0.2) is 0 Å². The molecule has 0 unspecified atom stereocenters. The molecular weight excluding hydrogens is 250 g/mol. The fraction of sp³-hybridized carbons (Fsp3) is 0.235. The quantitative estimate of drug-likeness (QED) is 0.616. The summed E-state index contributed by atoms with van der Waals surface area (Å²) in [6.07, 6.45) is 8.59. The van der Waals surface area contributed by atoms with E-state index in [0.29, 0.717) is 13.0 Å². The van der Waals surface area contributed by atoms with Gasteiger partial charge in [0.05, 0.1) is 7.11 Å². The van der Waals surface area contributed by atoms with Crippen molar-refractivity contribution >= 4 is 0 Å². The summed E-state index contributed by atoms with van der Waals surface area (Å²) in [6, 6.07) is 11.2. The second-order valence-electron chi connectivity index (χ2n) is 4.49. The molecule has 3 heteroatoms. The lowest BCUT2D eigenvalue weighted by molar-refractivity contribution is 0.415. The first-order valence-corrected chi connectivity index (χ1v) is 6.53. The van der Waals surface area contributed by atoms with Gasteiger partial charge < -0.3 is 9.30 Å². The summed E-state index contributed by atoms with van der Waals surface area (Å²) in [5, 5.41) is 0. The standard InChI is InChI=1S/C17H17NO2/c1-3-4-5-12-18-13-15(8-11-17(18)19)14-6-9-16(20-2)10-7-14/h1,6-11,13H,4-5,12H2,2H3. The molecule has 0 aliphatic rings. The van der Waals surface area contributed by atoms with E-state index in [4.69, 9.17) is 11.2 Å². The molecule has 0 aliphatic carbocycles. The number of hydrogen-bond donors (Lipinski definition) is 0. The van der Waals surface area contributed by atoms with Crippen molar-refractivity contribution in [3.05, 3.63) is 52.9 Å². The van der Waals surface area contributed by atoms with Crippen molar-refractivity contribution in [1.29, 1.82) is 0 Å². The molecular formula is C17H17NO2.